The number of halogens is 1. The molecule has 0 amide bonds. The van der Waals surface area contributed by atoms with E-state index in [4.69, 9.17) is 22.4 Å². The van der Waals surface area contributed by atoms with Gasteiger partial charge in [0.15, 0.2) is 0 Å². The number of carbonyl (C=O) groups is 1. The largest absolute Gasteiger partial charge is 0.480 e. The molecule has 16 heavy (non-hydrogen) atoms. The number of nitrogens with two attached hydrogens (primary N) is 1. The molecule has 0 aliphatic heterocycles. The highest BCUT2D eigenvalue weighted by atomic mass is 35.5. The highest BCUT2D eigenvalue weighted by Crippen LogP contribution is 2.14. The molecular formula is C11H14ClNO2S. The van der Waals surface area contributed by atoms with E-state index < -0.39 is 12.0 Å². The molecule has 88 valence electrons. The van der Waals surface area contributed by atoms with Crippen LogP contribution in [0.3, 0.4) is 0 Å². The third-order valence-corrected chi connectivity index (χ3v) is 3.50. The van der Waals surface area contributed by atoms with Crippen molar-refractivity contribution in [2.45, 2.75) is 17.7 Å². The molecule has 0 radical (unpaired) electrons. The van der Waals surface area contributed by atoms with E-state index in [1.54, 1.807) is 0 Å². The number of carboxylic acids is 1. The molecule has 5 heteroatoms. The minimum atomic E-state index is -0.954. The van der Waals surface area contributed by atoms with E-state index in [1.165, 1.54) is 11.8 Å². The van der Waals surface area contributed by atoms with Crippen molar-refractivity contribution in [1.29, 1.82) is 0 Å². The first-order valence-corrected chi connectivity index (χ1v) is 6.52. The van der Waals surface area contributed by atoms with Gasteiger partial charge >= 0.3 is 5.97 Å². The molecule has 1 aromatic rings. The first-order chi connectivity index (χ1) is 7.63. The summed E-state index contributed by atoms with van der Waals surface area (Å²) in [4.78, 5) is 10.5. The lowest BCUT2D eigenvalue weighted by molar-refractivity contribution is -0.137. The maximum Gasteiger partial charge on any atom is 0.321 e. The van der Waals surface area contributed by atoms with Crippen LogP contribution >= 0.6 is 23.4 Å². The summed E-state index contributed by atoms with van der Waals surface area (Å²) < 4.78 is 0. The summed E-state index contributed by atoms with van der Waals surface area (Å²) in [6, 6.07) is 7.15. The first kappa shape index (κ1) is 13.4. The van der Waals surface area contributed by atoms with Crippen LogP contribution in [0, 0.1) is 0 Å². The molecule has 1 aromatic carbocycles. The SMILES string of the molecule is N[C@@H](CSCc1ccc(CCl)cc1)C(=O)O. The van der Waals surface area contributed by atoms with Gasteiger partial charge in [0.25, 0.3) is 0 Å². The van der Waals surface area contributed by atoms with Crippen molar-refractivity contribution >= 4 is 29.3 Å². The molecule has 0 aliphatic carbocycles. The fourth-order valence-electron chi connectivity index (χ4n) is 1.10. The lowest BCUT2D eigenvalue weighted by Gasteiger charge is -2.06. The molecule has 0 saturated heterocycles. The van der Waals surface area contributed by atoms with E-state index in [2.05, 4.69) is 0 Å². The standard InChI is InChI=1S/C11H14ClNO2S/c12-5-8-1-3-9(4-2-8)6-16-7-10(13)11(14)15/h1-4,10H,5-7,13H2,(H,14,15)/t10-/m0/s1. The van der Waals surface area contributed by atoms with Crippen molar-refractivity contribution in [3.05, 3.63) is 35.4 Å². The zero-order chi connectivity index (χ0) is 12.0. The van der Waals surface area contributed by atoms with E-state index in [9.17, 15) is 4.79 Å². The Morgan fingerprint density at radius 3 is 2.44 bits per heavy atom. The van der Waals surface area contributed by atoms with Crippen molar-refractivity contribution in [2.24, 2.45) is 5.73 Å². The fourth-order valence-corrected chi connectivity index (χ4v) is 2.22. The fraction of sp³-hybridized carbons (Fsp3) is 0.364. The van der Waals surface area contributed by atoms with Crippen molar-refractivity contribution in [3.8, 4) is 0 Å². The molecule has 0 fully saturated rings. The van der Waals surface area contributed by atoms with E-state index in [-0.39, 0.29) is 0 Å². The van der Waals surface area contributed by atoms with Crippen LogP contribution in [-0.2, 0) is 16.4 Å². The molecular weight excluding hydrogens is 246 g/mol. The monoisotopic (exact) mass is 259 g/mol. The predicted octanol–water partition coefficient (Wildman–Crippen LogP) is 2.07. The number of carboxylic acid groups (broad SMARTS) is 1. The maximum atomic E-state index is 10.5. The van der Waals surface area contributed by atoms with Crippen LogP contribution in [0.15, 0.2) is 24.3 Å². The average molecular weight is 260 g/mol. The second-order valence-electron chi connectivity index (χ2n) is 3.41. The summed E-state index contributed by atoms with van der Waals surface area (Å²) in [5, 5.41) is 8.59. The summed E-state index contributed by atoms with van der Waals surface area (Å²) in [5.74, 6) is 0.748. The Morgan fingerprint density at radius 1 is 1.38 bits per heavy atom. The number of hydrogen-bond acceptors (Lipinski definition) is 3. The van der Waals surface area contributed by atoms with Crippen LogP contribution in [0.5, 0.6) is 0 Å². The molecule has 0 heterocycles. The lowest BCUT2D eigenvalue weighted by Crippen LogP contribution is -2.32. The summed E-state index contributed by atoms with van der Waals surface area (Å²) in [6.45, 7) is 0. The van der Waals surface area contributed by atoms with Gasteiger partial charge in [0.2, 0.25) is 0 Å². The number of aliphatic carboxylic acids is 1. The van der Waals surface area contributed by atoms with Crippen LogP contribution in [-0.4, -0.2) is 22.9 Å². The van der Waals surface area contributed by atoms with Gasteiger partial charge in [-0.3, -0.25) is 4.79 Å². The summed E-state index contributed by atoms with van der Waals surface area (Å²) >= 11 is 7.19. The molecule has 0 spiro atoms. The molecule has 0 saturated carbocycles. The average Bonchev–Trinajstić information content (AvgIpc) is 2.29. The summed E-state index contributed by atoms with van der Waals surface area (Å²) in [5.41, 5.74) is 7.62. The van der Waals surface area contributed by atoms with Crippen LogP contribution in [0.2, 0.25) is 0 Å². The molecule has 0 aliphatic rings. The van der Waals surface area contributed by atoms with Gasteiger partial charge in [-0.25, -0.2) is 0 Å². The summed E-state index contributed by atoms with van der Waals surface area (Å²) in [7, 11) is 0. The van der Waals surface area contributed by atoms with E-state index >= 15 is 0 Å². The zero-order valence-corrected chi connectivity index (χ0v) is 10.3. The maximum absolute atomic E-state index is 10.5. The second kappa shape index (κ2) is 6.78. The predicted molar refractivity (Wildman–Crippen MR) is 67.8 cm³/mol. The van der Waals surface area contributed by atoms with Crippen molar-refractivity contribution in [3.63, 3.8) is 0 Å². The van der Waals surface area contributed by atoms with E-state index in [0.717, 1.165) is 16.9 Å². The topological polar surface area (TPSA) is 63.3 Å². The highest BCUT2D eigenvalue weighted by molar-refractivity contribution is 7.98. The molecule has 1 atom stereocenters. The number of alkyl halides is 1. The van der Waals surface area contributed by atoms with Crippen molar-refractivity contribution in [2.75, 3.05) is 5.75 Å². The molecule has 1 rings (SSSR count). The molecule has 3 N–H and O–H groups in total. The Labute approximate surface area is 104 Å². The molecule has 0 aromatic heterocycles. The lowest BCUT2D eigenvalue weighted by atomic mass is 10.2. The van der Waals surface area contributed by atoms with E-state index in [1.807, 2.05) is 24.3 Å². The summed E-state index contributed by atoms with van der Waals surface area (Å²) in [6.07, 6.45) is 0. The van der Waals surface area contributed by atoms with Crippen LogP contribution in [0.1, 0.15) is 11.1 Å². The van der Waals surface area contributed by atoms with Gasteiger partial charge in [-0.05, 0) is 11.1 Å². The Bertz CT molecular complexity index is 342. The minimum Gasteiger partial charge on any atom is -0.480 e. The van der Waals surface area contributed by atoms with Crippen LogP contribution in [0.25, 0.3) is 0 Å². The van der Waals surface area contributed by atoms with Crippen LogP contribution < -0.4 is 5.73 Å². The Kier molecular flexibility index (Phi) is 5.66. The number of rotatable bonds is 6. The first-order valence-electron chi connectivity index (χ1n) is 4.83. The Morgan fingerprint density at radius 2 is 1.94 bits per heavy atom. The van der Waals surface area contributed by atoms with Gasteiger partial charge < -0.3 is 10.8 Å². The van der Waals surface area contributed by atoms with Crippen molar-refractivity contribution < 1.29 is 9.90 Å². The third kappa shape index (κ3) is 4.43. The molecule has 0 bridgehead atoms. The van der Waals surface area contributed by atoms with Gasteiger partial charge in [0.1, 0.15) is 6.04 Å². The quantitative estimate of drug-likeness (QED) is 0.768. The number of thioether (sulfide) groups is 1. The van der Waals surface area contributed by atoms with E-state index in [0.29, 0.717) is 11.6 Å². The minimum absolute atomic E-state index is 0.423. The Balaban J connectivity index is 2.34. The van der Waals surface area contributed by atoms with Gasteiger partial charge in [0.05, 0.1) is 0 Å². The third-order valence-electron chi connectivity index (χ3n) is 2.06. The van der Waals surface area contributed by atoms with Gasteiger partial charge in [-0.1, -0.05) is 24.3 Å². The van der Waals surface area contributed by atoms with Crippen LogP contribution in [0.4, 0.5) is 0 Å². The molecule has 3 nitrogen and oxygen atoms in total. The molecule has 0 unspecified atom stereocenters. The normalized spacial score (nSPS) is 12.4. The number of benzene rings is 1. The zero-order valence-electron chi connectivity index (χ0n) is 8.73. The van der Waals surface area contributed by atoms with Gasteiger partial charge in [-0.15, -0.1) is 11.6 Å². The van der Waals surface area contributed by atoms with Crippen molar-refractivity contribution in [1.82, 2.24) is 0 Å². The number of hydrogen-bond donors (Lipinski definition) is 2. The Hall–Kier alpha value is -0.710. The smallest absolute Gasteiger partial charge is 0.321 e. The van der Waals surface area contributed by atoms with Gasteiger partial charge in [-0.2, -0.15) is 11.8 Å². The highest BCUT2D eigenvalue weighted by Gasteiger charge is 2.10. The van der Waals surface area contributed by atoms with Gasteiger partial charge in [0, 0.05) is 17.4 Å². The second-order valence-corrected chi connectivity index (χ2v) is 4.71.